The van der Waals surface area contributed by atoms with Crippen LogP contribution in [0.5, 0.6) is 5.75 Å². The summed E-state index contributed by atoms with van der Waals surface area (Å²) in [5.41, 5.74) is 6.41. The predicted octanol–water partition coefficient (Wildman–Crippen LogP) is 2.40. The number of rotatable bonds is 6. The Kier molecular flexibility index (Phi) is 4.99. The molecule has 0 radical (unpaired) electrons. The van der Waals surface area contributed by atoms with E-state index in [0.717, 1.165) is 6.42 Å². The lowest BCUT2D eigenvalue weighted by atomic mass is 10.0. The molecule has 3 nitrogen and oxygen atoms in total. The van der Waals surface area contributed by atoms with E-state index in [1.165, 1.54) is 0 Å². The van der Waals surface area contributed by atoms with Gasteiger partial charge in [-0.05, 0) is 25.5 Å². The predicted molar refractivity (Wildman–Crippen MR) is 64.8 cm³/mol. The van der Waals surface area contributed by atoms with Gasteiger partial charge in [0.25, 0.3) is 0 Å². The molecular weight excluding hydrogens is 202 g/mol. The highest BCUT2D eigenvalue weighted by Gasteiger charge is 2.18. The topological polar surface area (TPSA) is 52.3 Å². The summed E-state index contributed by atoms with van der Waals surface area (Å²) in [7, 11) is 0. The van der Waals surface area contributed by atoms with Gasteiger partial charge in [0.2, 0.25) is 0 Å². The zero-order valence-corrected chi connectivity index (χ0v) is 9.90. The zero-order valence-electron chi connectivity index (χ0n) is 9.90. The normalized spacial score (nSPS) is 12.2. The second-order valence-corrected chi connectivity index (χ2v) is 3.69. The van der Waals surface area contributed by atoms with Crippen LogP contribution in [-0.2, 0) is 0 Å². The Morgan fingerprint density at radius 3 is 2.69 bits per heavy atom. The van der Waals surface area contributed by atoms with Crippen molar-refractivity contribution in [2.75, 3.05) is 6.61 Å². The Morgan fingerprint density at radius 1 is 1.38 bits per heavy atom. The number of hydrogen-bond acceptors (Lipinski definition) is 3. The average molecular weight is 221 g/mol. The summed E-state index contributed by atoms with van der Waals surface area (Å²) < 4.78 is 5.41. The first-order chi connectivity index (χ1) is 7.70. The lowest BCUT2D eigenvalue weighted by molar-refractivity contribution is 0.0953. The minimum absolute atomic E-state index is 0.0362. The number of ketones is 1. The molecular formula is C13H19NO2. The quantitative estimate of drug-likeness (QED) is 0.750. The van der Waals surface area contributed by atoms with E-state index in [9.17, 15) is 4.79 Å². The van der Waals surface area contributed by atoms with Crippen LogP contribution in [0.2, 0.25) is 0 Å². The average Bonchev–Trinajstić information content (AvgIpc) is 2.29. The van der Waals surface area contributed by atoms with Crippen molar-refractivity contribution in [2.45, 2.75) is 32.7 Å². The van der Waals surface area contributed by atoms with Gasteiger partial charge in [-0.2, -0.15) is 0 Å². The van der Waals surface area contributed by atoms with Crippen molar-refractivity contribution in [2.24, 2.45) is 5.73 Å². The van der Waals surface area contributed by atoms with Crippen LogP contribution in [0.15, 0.2) is 24.3 Å². The van der Waals surface area contributed by atoms with Gasteiger partial charge in [-0.1, -0.05) is 25.5 Å². The first kappa shape index (κ1) is 12.7. The number of carbonyl (C=O) groups excluding carboxylic acids is 1. The van der Waals surface area contributed by atoms with Crippen LogP contribution in [0.25, 0.3) is 0 Å². The van der Waals surface area contributed by atoms with Crippen molar-refractivity contribution in [1.82, 2.24) is 0 Å². The maximum Gasteiger partial charge on any atom is 0.183 e. The number of hydrogen-bond donors (Lipinski definition) is 1. The maximum atomic E-state index is 12.0. The molecule has 0 heterocycles. The summed E-state index contributed by atoms with van der Waals surface area (Å²) >= 11 is 0. The van der Waals surface area contributed by atoms with Gasteiger partial charge in [0.15, 0.2) is 5.78 Å². The van der Waals surface area contributed by atoms with Gasteiger partial charge in [0.1, 0.15) is 5.75 Å². The molecule has 0 aliphatic rings. The van der Waals surface area contributed by atoms with E-state index in [2.05, 4.69) is 0 Å². The Labute approximate surface area is 96.6 Å². The fourth-order valence-electron chi connectivity index (χ4n) is 1.59. The number of carbonyl (C=O) groups is 1. The summed E-state index contributed by atoms with van der Waals surface area (Å²) in [6.45, 7) is 4.46. The van der Waals surface area contributed by atoms with Gasteiger partial charge in [-0.3, -0.25) is 4.79 Å². The summed E-state index contributed by atoms with van der Waals surface area (Å²) in [6, 6.07) is 6.83. The van der Waals surface area contributed by atoms with Crippen LogP contribution < -0.4 is 10.5 Å². The fourth-order valence-corrected chi connectivity index (χ4v) is 1.59. The lowest BCUT2D eigenvalue weighted by Crippen LogP contribution is -2.30. The van der Waals surface area contributed by atoms with Gasteiger partial charge in [-0.15, -0.1) is 0 Å². The standard InChI is InChI=1S/C13H19NO2/c1-3-7-11(14)13(15)10-8-5-6-9-12(10)16-4-2/h5-6,8-9,11H,3-4,7,14H2,1-2H3. The molecule has 88 valence electrons. The Balaban J connectivity index is 2.89. The van der Waals surface area contributed by atoms with Crippen LogP contribution in [0.3, 0.4) is 0 Å². The number of nitrogens with two attached hydrogens (primary N) is 1. The van der Waals surface area contributed by atoms with E-state index >= 15 is 0 Å². The summed E-state index contributed by atoms with van der Waals surface area (Å²) in [5, 5.41) is 0. The van der Waals surface area contributed by atoms with E-state index in [4.69, 9.17) is 10.5 Å². The second-order valence-electron chi connectivity index (χ2n) is 3.69. The summed E-state index contributed by atoms with van der Waals surface area (Å²) in [6.07, 6.45) is 1.61. The number of ether oxygens (including phenoxy) is 1. The zero-order chi connectivity index (χ0) is 12.0. The highest BCUT2D eigenvalue weighted by molar-refractivity contribution is 6.02. The summed E-state index contributed by atoms with van der Waals surface area (Å²) in [5.74, 6) is 0.590. The fraction of sp³-hybridized carbons (Fsp3) is 0.462. The SMILES string of the molecule is CCCC(N)C(=O)c1ccccc1OCC. The Hall–Kier alpha value is -1.35. The molecule has 1 unspecified atom stereocenters. The van der Waals surface area contributed by atoms with E-state index < -0.39 is 6.04 Å². The molecule has 1 aromatic carbocycles. The number of benzene rings is 1. The molecule has 2 N–H and O–H groups in total. The Morgan fingerprint density at radius 2 is 2.06 bits per heavy atom. The molecule has 0 spiro atoms. The van der Waals surface area contributed by atoms with Gasteiger partial charge in [0, 0.05) is 0 Å². The highest BCUT2D eigenvalue weighted by atomic mass is 16.5. The van der Waals surface area contributed by atoms with Crippen LogP contribution in [0.1, 0.15) is 37.0 Å². The highest BCUT2D eigenvalue weighted by Crippen LogP contribution is 2.20. The van der Waals surface area contributed by atoms with Crippen LogP contribution >= 0.6 is 0 Å². The van der Waals surface area contributed by atoms with Crippen molar-refractivity contribution in [3.05, 3.63) is 29.8 Å². The van der Waals surface area contributed by atoms with Gasteiger partial charge < -0.3 is 10.5 Å². The minimum atomic E-state index is -0.424. The third-order valence-corrected chi connectivity index (χ3v) is 2.39. The Bertz CT molecular complexity index is 350. The molecule has 0 saturated carbocycles. The van der Waals surface area contributed by atoms with E-state index in [1.54, 1.807) is 12.1 Å². The molecule has 1 rings (SSSR count). The molecule has 1 aromatic rings. The molecule has 3 heteroatoms. The van der Waals surface area contributed by atoms with Crippen LogP contribution in [0, 0.1) is 0 Å². The summed E-state index contributed by atoms with van der Waals surface area (Å²) in [4.78, 5) is 12.0. The van der Waals surface area contributed by atoms with E-state index in [0.29, 0.717) is 24.3 Å². The van der Waals surface area contributed by atoms with Gasteiger partial charge >= 0.3 is 0 Å². The van der Waals surface area contributed by atoms with Gasteiger partial charge in [0.05, 0.1) is 18.2 Å². The lowest BCUT2D eigenvalue weighted by Gasteiger charge is -2.13. The van der Waals surface area contributed by atoms with Crippen molar-refractivity contribution in [3.8, 4) is 5.75 Å². The third-order valence-electron chi connectivity index (χ3n) is 2.39. The maximum absolute atomic E-state index is 12.0. The first-order valence-corrected chi connectivity index (χ1v) is 5.72. The first-order valence-electron chi connectivity index (χ1n) is 5.72. The molecule has 0 amide bonds. The van der Waals surface area contributed by atoms with Crippen molar-refractivity contribution in [1.29, 1.82) is 0 Å². The molecule has 0 aromatic heterocycles. The molecule has 16 heavy (non-hydrogen) atoms. The molecule has 0 saturated heterocycles. The number of para-hydroxylation sites is 1. The van der Waals surface area contributed by atoms with Crippen LogP contribution in [-0.4, -0.2) is 18.4 Å². The van der Waals surface area contributed by atoms with E-state index in [1.807, 2.05) is 26.0 Å². The van der Waals surface area contributed by atoms with Crippen LogP contribution in [0.4, 0.5) is 0 Å². The van der Waals surface area contributed by atoms with Crippen molar-refractivity contribution in [3.63, 3.8) is 0 Å². The molecule has 0 bridgehead atoms. The molecule has 0 aliphatic carbocycles. The van der Waals surface area contributed by atoms with Crippen molar-refractivity contribution >= 4 is 5.78 Å². The second kappa shape index (κ2) is 6.28. The van der Waals surface area contributed by atoms with Crippen molar-refractivity contribution < 1.29 is 9.53 Å². The number of Topliss-reactive ketones (excluding diaryl/α,β-unsaturated/α-hetero) is 1. The molecule has 1 atom stereocenters. The van der Waals surface area contributed by atoms with Gasteiger partial charge in [-0.25, -0.2) is 0 Å². The minimum Gasteiger partial charge on any atom is -0.493 e. The smallest absolute Gasteiger partial charge is 0.183 e. The largest absolute Gasteiger partial charge is 0.493 e. The third kappa shape index (κ3) is 3.07. The molecule has 0 fully saturated rings. The monoisotopic (exact) mass is 221 g/mol. The molecule has 0 aliphatic heterocycles. The van der Waals surface area contributed by atoms with E-state index in [-0.39, 0.29) is 5.78 Å².